The van der Waals surface area contributed by atoms with E-state index in [9.17, 15) is 9.59 Å². The molecule has 0 aliphatic carbocycles. The number of carboxylic acid groups (broad SMARTS) is 1. The third-order valence-corrected chi connectivity index (χ3v) is 3.31. The second kappa shape index (κ2) is 5.38. The summed E-state index contributed by atoms with van der Waals surface area (Å²) in [6.07, 6.45) is 4.16. The summed E-state index contributed by atoms with van der Waals surface area (Å²) in [5, 5.41) is 9.11. The Morgan fingerprint density at radius 1 is 1.42 bits per heavy atom. The number of rotatable bonds is 3. The summed E-state index contributed by atoms with van der Waals surface area (Å²) in [5.41, 5.74) is 1.92. The smallest absolute Gasteiger partial charge is 0.337 e. The molecule has 1 aliphatic heterocycles. The van der Waals surface area contributed by atoms with Crippen molar-refractivity contribution in [3.05, 3.63) is 29.1 Å². The molecule has 0 atom stereocenters. The number of aromatic carboxylic acids is 1. The first-order valence-corrected chi connectivity index (χ1v) is 6.46. The highest BCUT2D eigenvalue weighted by molar-refractivity contribution is 5.89. The molecule has 5 heteroatoms. The van der Waals surface area contributed by atoms with E-state index in [1.165, 1.54) is 6.20 Å². The van der Waals surface area contributed by atoms with Gasteiger partial charge in [-0.25, -0.2) is 4.79 Å². The van der Waals surface area contributed by atoms with Crippen molar-refractivity contribution in [3.63, 3.8) is 0 Å². The summed E-state index contributed by atoms with van der Waals surface area (Å²) < 4.78 is 0. The molecule has 2 heterocycles. The second-order valence-corrected chi connectivity index (χ2v) is 5.29. The predicted molar refractivity (Wildman–Crippen MR) is 69.8 cm³/mol. The Kier molecular flexibility index (Phi) is 3.83. The van der Waals surface area contributed by atoms with E-state index in [1.54, 1.807) is 11.1 Å². The van der Waals surface area contributed by atoms with Crippen molar-refractivity contribution in [2.24, 2.45) is 5.92 Å². The first-order chi connectivity index (χ1) is 8.99. The van der Waals surface area contributed by atoms with Gasteiger partial charge in [0.25, 0.3) is 0 Å². The Labute approximate surface area is 112 Å². The third-order valence-electron chi connectivity index (χ3n) is 3.31. The Balaban J connectivity index is 2.19. The number of aromatic nitrogens is 1. The van der Waals surface area contributed by atoms with Gasteiger partial charge in [-0.2, -0.15) is 0 Å². The van der Waals surface area contributed by atoms with Crippen molar-refractivity contribution in [1.29, 1.82) is 0 Å². The van der Waals surface area contributed by atoms with Crippen LogP contribution in [0.25, 0.3) is 0 Å². The van der Waals surface area contributed by atoms with Gasteiger partial charge in [0.2, 0.25) is 5.91 Å². The number of carbonyl (C=O) groups excluding carboxylic acids is 1. The summed E-state index contributed by atoms with van der Waals surface area (Å²) in [6.45, 7) is 5.08. The van der Waals surface area contributed by atoms with E-state index >= 15 is 0 Å². The molecule has 1 aliphatic rings. The molecule has 19 heavy (non-hydrogen) atoms. The number of carbonyl (C=O) groups is 2. The lowest BCUT2D eigenvalue weighted by atomic mass is 9.96. The maximum Gasteiger partial charge on any atom is 0.337 e. The van der Waals surface area contributed by atoms with Gasteiger partial charge in [-0.3, -0.25) is 9.78 Å². The van der Waals surface area contributed by atoms with E-state index in [0.717, 1.165) is 11.1 Å². The van der Waals surface area contributed by atoms with Crippen LogP contribution in [0.5, 0.6) is 0 Å². The summed E-state index contributed by atoms with van der Waals surface area (Å²) in [6, 6.07) is 0. The van der Waals surface area contributed by atoms with Crippen LogP contribution in [0.15, 0.2) is 12.4 Å². The predicted octanol–water partition coefficient (Wildman–Crippen LogP) is 1.71. The lowest BCUT2D eigenvalue weighted by Crippen LogP contribution is -2.37. The minimum Gasteiger partial charge on any atom is -0.478 e. The molecule has 5 nitrogen and oxygen atoms in total. The first kappa shape index (κ1) is 13.5. The van der Waals surface area contributed by atoms with Crippen LogP contribution >= 0.6 is 0 Å². The standard InChI is InChI=1S/C14H18N2O3/c1-9(2)5-13(17)16-4-3-11-10(8-16)6-15-7-12(11)14(18)19/h6-7,9H,3-5,8H2,1-2H3,(H,18,19). The van der Waals surface area contributed by atoms with Gasteiger partial charge in [0.1, 0.15) is 0 Å². The Morgan fingerprint density at radius 3 is 2.79 bits per heavy atom. The molecule has 1 aromatic heterocycles. The summed E-state index contributed by atoms with van der Waals surface area (Å²) in [5.74, 6) is -0.495. The van der Waals surface area contributed by atoms with Gasteiger partial charge >= 0.3 is 5.97 Å². The highest BCUT2D eigenvalue weighted by atomic mass is 16.4. The summed E-state index contributed by atoms with van der Waals surface area (Å²) >= 11 is 0. The zero-order valence-corrected chi connectivity index (χ0v) is 11.2. The minimum atomic E-state index is -0.952. The Bertz CT molecular complexity index is 511. The highest BCUT2D eigenvalue weighted by Crippen LogP contribution is 2.22. The molecule has 1 amide bonds. The van der Waals surface area contributed by atoms with Gasteiger partial charge < -0.3 is 10.0 Å². The number of amides is 1. The molecule has 0 spiro atoms. The highest BCUT2D eigenvalue weighted by Gasteiger charge is 2.24. The van der Waals surface area contributed by atoms with Crippen molar-refractivity contribution in [2.75, 3.05) is 6.54 Å². The van der Waals surface area contributed by atoms with Gasteiger partial charge in [-0.05, 0) is 23.5 Å². The SMILES string of the molecule is CC(C)CC(=O)N1CCc2c(cncc2C(=O)O)C1. The molecular formula is C14H18N2O3. The number of pyridine rings is 1. The largest absolute Gasteiger partial charge is 0.478 e. The van der Waals surface area contributed by atoms with Crippen LogP contribution in [0.4, 0.5) is 0 Å². The van der Waals surface area contributed by atoms with Crippen molar-refractivity contribution >= 4 is 11.9 Å². The fourth-order valence-electron chi connectivity index (χ4n) is 2.37. The lowest BCUT2D eigenvalue weighted by Gasteiger charge is -2.29. The molecular weight excluding hydrogens is 244 g/mol. The molecule has 0 fully saturated rings. The first-order valence-electron chi connectivity index (χ1n) is 6.46. The van der Waals surface area contributed by atoms with Crippen LogP contribution in [0.1, 0.15) is 41.8 Å². The Morgan fingerprint density at radius 2 is 2.16 bits per heavy atom. The molecule has 2 rings (SSSR count). The summed E-state index contributed by atoms with van der Waals surface area (Å²) in [7, 11) is 0. The quantitative estimate of drug-likeness (QED) is 0.900. The van der Waals surface area contributed by atoms with Gasteiger partial charge in [0.05, 0.1) is 5.56 Å². The maximum atomic E-state index is 12.0. The van der Waals surface area contributed by atoms with E-state index in [2.05, 4.69) is 4.98 Å². The van der Waals surface area contributed by atoms with E-state index in [0.29, 0.717) is 31.8 Å². The molecule has 1 aromatic rings. The minimum absolute atomic E-state index is 0.126. The zero-order valence-electron chi connectivity index (χ0n) is 11.2. The fraction of sp³-hybridized carbons (Fsp3) is 0.500. The maximum absolute atomic E-state index is 12.0. The van der Waals surface area contributed by atoms with Crippen LogP contribution in [0.2, 0.25) is 0 Å². The van der Waals surface area contributed by atoms with Gasteiger partial charge in [-0.15, -0.1) is 0 Å². The topological polar surface area (TPSA) is 70.5 Å². The van der Waals surface area contributed by atoms with E-state index in [-0.39, 0.29) is 11.5 Å². The number of carboxylic acids is 1. The molecule has 0 unspecified atom stereocenters. The van der Waals surface area contributed by atoms with E-state index in [4.69, 9.17) is 5.11 Å². The van der Waals surface area contributed by atoms with E-state index in [1.807, 2.05) is 13.8 Å². The van der Waals surface area contributed by atoms with Gasteiger partial charge in [0, 0.05) is 31.9 Å². The molecule has 0 bridgehead atoms. The second-order valence-electron chi connectivity index (χ2n) is 5.29. The summed E-state index contributed by atoms with van der Waals surface area (Å²) in [4.78, 5) is 28.9. The number of hydrogen-bond donors (Lipinski definition) is 1. The lowest BCUT2D eigenvalue weighted by molar-refractivity contribution is -0.132. The van der Waals surface area contributed by atoms with Crippen molar-refractivity contribution in [1.82, 2.24) is 9.88 Å². The van der Waals surface area contributed by atoms with Crippen molar-refractivity contribution in [3.8, 4) is 0 Å². The molecule has 0 saturated heterocycles. The number of nitrogens with zero attached hydrogens (tertiary/aromatic N) is 2. The number of fused-ring (bicyclic) bond motifs is 1. The van der Waals surface area contributed by atoms with Crippen LogP contribution < -0.4 is 0 Å². The van der Waals surface area contributed by atoms with Gasteiger partial charge in [0.15, 0.2) is 0 Å². The van der Waals surface area contributed by atoms with Crippen LogP contribution in [0.3, 0.4) is 0 Å². The number of hydrogen-bond acceptors (Lipinski definition) is 3. The van der Waals surface area contributed by atoms with Crippen molar-refractivity contribution < 1.29 is 14.7 Å². The molecule has 102 valence electrons. The Hall–Kier alpha value is -1.91. The van der Waals surface area contributed by atoms with E-state index < -0.39 is 5.97 Å². The van der Waals surface area contributed by atoms with Gasteiger partial charge in [-0.1, -0.05) is 13.8 Å². The van der Waals surface area contributed by atoms with Crippen molar-refractivity contribution in [2.45, 2.75) is 33.2 Å². The van der Waals surface area contributed by atoms with Crippen LogP contribution in [0, 0.1) is 5.92 Å². The fourth-order valence-corrected chi connectivity index (χ4v) is 2.37. The molecule has 0 saturated carbocycles. The molecule has 1 N–H and O–H groups in total. The molecule has 0 aromatic carbocycles. The van der Waals surface area contributed by atoms with Crippen LogP contribution in [-0.2, 0) is 17.8 Å². The average molecular weight is 262 g/mol. The average Bonchev–Trinajstić information content (AvgIpc) is 2.36. The normalized spacial score (nSPS) is 14.4. The monoisotopic (exact) mass is 262 g/mol. The molecule has 0 radical (unpaired) electrons. The zero-order chi connectivity index (χ0) is 14.0. The third kappa shape index (κ3) is 2.92. The van der Waals surface area contributed by atoms with Crippen LogP contribution in [-0.4, -0.2) is 33.4 Å².